The van der Waals surface area contributed by atoms with Crippen molar-refractivity contribution in [2.45, 2.75) is 34.3 Å². The van der Waals surface area contributed by atoms with Crippen LogP contribution in [-0.2, 0) is 11.3 Å². The minimum atomic E-state index is -0.542. The first-order valence-corrected chi connectivity index (χ1v) is 10.1. The van der Waals surface area contributed by atoms with Crippen molar-refractivity contribution >= 4 is 27.5 Å². The molecule has 0 aliphatic carbocycles. The molecular weight excluding hydrogens is 392 g/mol. The van der Waals surface area contributed by atoms with Crippen LogP contribution in [0.25, 0.3) is 10.2 Å². The molecule has 0 spiro atoms. The molecule has 0 aliphatic rings. The maximum atomic E-state index is 12.4. The number of nitrogens with zero attached hydrogens (tertiary/aromatic N) is 1. The first-order valence-electron chi connectivity index (χ1n) is 9.27. The Morgan fingerprint density at radius 1 is 1.24 bits per heavy atom. The molecule has 1 aromatic carbocycles. The number of ether oxygens (including phenoxy) is 3. The van der Waals surface area contributed by atoms with E-state index in [0.29, 0.717) is 45.6 Å². The monoisotopic (exact) mass is 416 g/mol. The van der Waals surface area contributed by atoms with Gasteiger partial charge < -0.3 is 19.2 Å². The minimum absolute atomic E-state index is 0.131. The zero-order valence-corrected chi connectivity index (χ0v) is 17.9. The van der Waals surface area contributed by atoms with Crippen molar-refractivity contribution in [1.29, 1.82) is 0 Å². The van der Waals surface area contributed by atoms with Crippen LogP contribution in [-0.4, -0.2) is 29.7 Å². The van der Waals surface area contributed by atoms with Crippen LogP contribution >= 0.6 is 11.3 Å². The second-order valence-corrected chi connectivity index (χ2v) is 8.33. The summed E-state index contributed by atoms with van der Waals surface area (Å²) in [6.45, 7) is 8.35. The molecule has 0 saturated heterocycles. The smallest absolute Gasteiger partial charge is 0.338 e. The van der Waals surface area contributed by atoms with E-state index in [2.05, 4.69) is 9.97 Å². The second-order valence-electron chi connectivity index (χ2n) is 7.12. The lowest BCUT2D eigenvalue weighted by Gasteiger charge is -2.13. The summed E-state index contributed by atoms with van der Waals surface area (Å²) >= 11 is 1.45. The van der Waals surface area contributed by atoms with Crippen molar-refractivity contribution in [3.8, 4) is 11.5 Å². The quantitative estimate of drug-likeness (QED) is 0.586. The fourth-order valence-electron chi connectivity index (χ4n) is 2.76. The zero-order valence-electron chi connectivity index (χ0n) is 17.1. The van der Waals surface area contributed by atoms with Crippen LogP contribution < -0.4 is 15.0 Å². The number of hydrogen-bond donors (Lipinski definition) is 1. The molecular formula is C21H24N2O5S. The van der Waals surface area contributed by atoms with E-state index in [4.69, 9.17) is 14.2 Å². The lowest BCUT2D eigenvalue weighted by Crippen LogP contribution is -2.14. The van der Waals surface area contributed by atoms with Gasteiger partial charge in [-0.15, -0.1) is 11.3 Å². The fourth-order valence-corrected chi connectivity index (χ4v) is 3.80. The van der Waals surface area contributed by atoms with E-state index in [1.807, 2.05) is 27.7 Å². The molecule has 3 rings (SSSR count). The number of H-pyrrole nitrogens is 1. The van der Waals surface area contributed by atoms with E-state index >= 15 is 0 Å². The zero-order chi connectivity index (χ0) is 21.1. The molecule has 0 fully saturated rings. The molecule has 0 atom stereocenters. The Morgan fingerprint density at radius 2 is 2.00 bits per heavy atom. The van der Waals surface area contributed by atoms with E-state index in [-0.39, 0.29) is 12.2 Å². The van der Waals surface area contributed by atoms with Crippen LogP contribution in [0, 0.1) is 19.8 Å². The number of aryl methyl sites for hydroxylation is 2. The standard InChI is InChI=1S/C21H24N2O5S/c1-11(2)9-27-15-7-6-14(8-16(15)26-5)21(25)28-10-17-22-19(24)18-12(3)13(4)29-20(18)23-17/h6-8,11H,9-10H2,1-5H3,(H,22,23,24). The highest BCUT2D eigenvalue weighted by Crippen LogP contribution is 2.29. The van der Waals surface area contributed by atoms with E-state index in [1.165, 1.54) is 18.4 Å². The molecule has 29 heavy (non-hydrogen) atoms. The Kier molecular flexibility index (Phi) is 6.22. The van der Waals surface area contributed by atoms with Crippen LogP contribution in [0.15, 0.2) is 23.0 Å². The molecule has 154 valence electrons. The van der Waals surface area contributed by atoms with E-state index in [1.54, 1.807) is 18.2 Å². The Bertz CT molecular complexity index is 1100. The van der Waals surface area contributed by atoms with Gasteiger partial charge in [0.1, 0.15) is 17.3 Å². The molecule has 0 aliphatic heterocycles. The number of rotatable bonds is 7. The van der Waals surface area contributed by atoms with E-state index < -0.39 is 5.97 Å². The molecule has 3 aromatic rings. The lowest BCUT2D eigenvalue weighted by atomic mass is 10.2. The Hall–Kier alpha value is -2.87. The van der Waals surface area contributed by atoms with Crippen LogP contribution in [0.5, 0.6) is 11.5 Å². The average Bonchev–Trinajstić information content (AvgIpc) is 2.98. The van der Waals surface area contributed by atoms with Gasteiger partial charge in [-0.2, -0.15) is 0 Å². The van der Waals surface area contributed by atoms with E-state index in [9.17, 15) is 9.59 Å². The summed E-state index contributed by atoms with van der Waals surface area (Å²) < 4.78 is 16.3. The van der Waals surface area contributed by atoms with Crippen molar-refractivity contribution in [1.82, 2.24) is 9.97 Å². The molecule has 8 heteroatoms. The average molecular weight is 416 g/mol. The number of nitrogens with one attached hydrogen (secondary N) is 1. The number of esters is 1. The number of fused-ring (bicyclic) bond motifs is 1. The number of aromatic nitrogens is 2. The fraction of sp³-hybridized carbons (Fsp3) is 0.381. The number of carbonyl (C=O) groups is 1. The third-order valence-electron chi connectivity index (χ3n) is 4.40. The van der Waals surface area contributed by atoms with E-state index in [0.717, 1.165) is 10.4 Å². The van der Waals surface area contributed by atoms with Gasteiger partial charge in [-0.1, -0.05) is 13.8 Å². The molecule has 0 unspecified atom stereocenters. The molecule has 2 aromatic heterocycles. The van der Waals surface area contributed by atoms with Crippen LogP contribution in [0.1, 0.15) is 40.5 Å². The molecule has 0 bridgehead atoms. The van der Waals surface area contributed by atoms with Gasteiger partial charge in [0, 0.05) is 4.88 Å². The summed E-state index contributed by atoms with van der Waals surface area (Å²) in [4.78, 5) is 33.5. The summed E-state index contributed by atoms with van der Waals surface area (Å²) in [5.74, 6) is 1.16. The Morgan fingerprint density at radius 3 is 2.69 bits per heavy atom. The maximum absolute atomic E-state index is 12.4. The van der Waals surface area contributed by atoms with Crippen molar-refractivity contribution in [2.24, 2.45) is 5.92 Å². The summed E-state index contributed by atoms with van der Waals surface area (Å²) in [6.07, 6.45) is 0. The van der Waals surface area contributed by atoms with Gasteiger partial charge in [-0.05, 0) is 43.5 Å². The number of benzene rings is 1. The third-order valence-corrected chi connectivity index (χ3v) is 5.50. The largest absolute Gasteiger partial charge is 0.493 e. The number of aromatic amines is 1. The predicted molar refractivity (Wildman–Crippen MR) is 112 cm³/mol. The van der Waals surface area contributed by atoms with Gasteiger partial charge >= 0.3 is 5.97 Å². The maximum Gasteiger partial charge on any atom is 0.338 e. The van der Waals surface area contributed by atoms with Gasteiger partial charge in [-0.3, -0.25) is 4.79 Å². The molecule has 0 saturated carbocycles. The summed E-state index contributed by atoms with van der Waals surface area (Å²) in [6, 6.07) is 4.87. The number of methoxy groups -OCH3 is 1. The van der Waals surface area contributed by atoms with Gasteiger partial charge in [-0.25, -0.2) is 9.78 Å². The van der Waals surface area contributed by atoms with Gasteiger partial charge in [0.2, 0.25) is 0 Å². The minimum Gasteiger partial charge on any atom is -0.493 e. The van der Waals surface area contributed by atoms with Gasteiger partial charge in [0.15, 0.2) is 11.5 Å². The molecule has 0 radical (unpaired) electrons. The first kappa shape index (κ1) is 20.9. The second kappa shape index (κ2) is 8.65. The summed E-state index contributed by atoms with van der Waals surface area (Å²) in [5.41, 5.74) is 1.02. The van der Waals surface area contributed by atoms with Crippen molar-refractivity contribution in [2.75, 3.05) is 13.7 Å². The van der Waals surface area contributed by atoms with Gasteiger partial charge in [0.05, 0.1) is 24.7 Å². The summed E-state index contributed by atoms with van der Waals surface area (Å²) in [5, 5.41) is 0.587. The van der Waals surface area contributed by atoms with Crippen LogP contribution in [0.2, 0.25) is 0 Å². The molecule has 0 amide bonds. The molecule has 2 heterocycles. The van der Waals surface area contributed by atoms with Crippen LogP contribution in [0.3, 0.4) is 0 Å². The van der Waals surface area contributed by atoms with Gasteiger partial charge in [0.25, 0.3) is 5.56 Å². The van der Waals surface area contributed by atoms with Crippen molar-refractivity contribution in [3.05, 3.63) is 50.4 Å². The first-order chi connectivity index (χ1) is 13.8. The predicted octanol–water partition coefficient (Wildman–Crippen LogP) is 4.00. The van der Waals surface area contributed by atoms with Crippen molar-refractivity contribution in [3.63, 3.8) is 0 Å². The number of hydrogen-bond acceptors (Lipinski definition) is 7. The third kappa shape index (κ3) is 4.59. The lowest BCUT2D eigenvalue weighted by molar-refractivity contribution is 0.0462. The normalized spacial score (nSPS) is 11.1. The topological polar surface area (TPSA) is 90.5 Å². The van der Waals surface area contributed by atoms with Crippen LogP contribution in [0.4, 0.5) is 0 Å². The molecule has 7 nitrogen and oxygen atoms in total. The highest BCUT2D eigenvalue weighted by Gasteiger charge is 2.15. The Labute approximate surface area is 172 Å². The highest BCUT2D eigenvalue weighted by atomic mass is 32.1. The molecule has 1 N–H and O–H groups in total. The number of thiophene rings is 1. The van der Waals surface area contributed by atoms with Crippen molar-refractivity contribution < 1.29 is 19.0 Å². The Balaban J connectivity index is 1.73. The summed E-state index contributed by atoms with van der Waals surface area (Å²) in [7, 11) is 1.52. The highest BCUT2D eigenvalue weighted by molar-refractivity contribution is 7.18. The SMILES string of the molecule is COc1cc(C(=O)OCc2nc3sc(C)c(C)c3c(=O)[nH]2)ccc1OCC(C)C. The number of carbonyl (C=O) groups excluding carboxylic acids is 1.